The van der Waals surface area contributed by atoms with E-state index >= 15 is 0 Å². The first-order chi connectivity index (χ1) is 16.8. The number of rotatable bonds is 10. The van der Waals surface area contributed by atoms with Gasteiger partial charge in [-0.05, 0) is 32.9 Å². The molecule has 1 saturated heterocycles. The molecule has 1 aromatic carbocycles. The van der Waals surface area contributed by atoms with E-state index in [1.54, 1.807) is 32.0 Å². The van der Waals surface area contributed by atoms with Crippen molar-refractivity contribution in [3.8, 4) is 5.75 Å². The average Bonchev–Trinajstić information content (AvgIpc) is 3.02. The van der Waals surface area contributed by atoms with Gasteiger partial charge in [-0.15, -0.1) is 0 Å². The molecule has 6 atom stereocenters. The Bertz CT molecular complexity index is 1220. The molecule has 0 amide bonds. The number of esters is 1. The number of halogens is 1. The van der Waals surface area contributed by atoms with E-state index in [2.05, 4.69) is 5.09 Å². The molecule has 0 spiro atoms. The predicted molar refractivity (Wildman–Crippen MR) is 124 cm³/mol. The van der Waals surface area contributed by atoms with E-state index in [0.29, 0.717) is 4.57 Å². The highest BCUT2D eigenvalue weighted by molar-refractivity contribution is 7.52. The van der Waals surface area contributed by atoms with E-state index in [0.717, 1.165) is 12.3 Å². The summed E-state index contributed by atoms with van der Waals surface area (Å²) in [5, 5.41) is 12.9. The van der Waals surface area contributed by atoms with Crippen LogP contribution in [0.3, 0.4) is 0 Å². The maximum absolute atomic E-state index is 14.9. The molecule has 198 valence electrons. The molecule has 1 fully saturated rings. The van der Waals surface area contributed by atoms with Crippen molar-refractivity contribution in [2.75, 3.05) is 6.61 Å². The number of H-pyrrole nitrogens is 1. The van der Waals surface area contributed by atoms with Gasteiger partial charge in [0.1, 0.15) is 24.5 Å². The highest BCUT2D eigenvalue weighted by atomic mass is 31.2. The number of nitrogens with two attached hydrogens (primary N) is 1. The Morgan fingerprint density at radius 3 is 2.58 bits per heavy atom. The molecule has 0 bridgehead atoms. The number of para-hydroxylation sites is 1. The van der Waals surface area contributed by atoms with Crippen LogP contribution in [0, 0.1) is 0 Å². The smallest absolute Gasteiger partial charge is 0.459 e. The molecule has 36 heavy (non-hydrogen) atoms. The SMILES string of the molecule is CC(C)OC(=O)C(C)NP(=O)(OC[C@@]1(N)O[C@@H](n2ccc(=O)[nH]c2=O)[C@H](F)[C@@H]1O)Oc1ccccc1. The van der Waals surface area contributed by atoms with Crippen LogP contribution < -0.4 is 26.6 Å². The normalized spacial score (nSPS) is 26.4. The molecular formula is C21H28FN4O9P. The minimum atomic E-state index is -4.40. The largest absolute Gasteiger partial charge is 0.462 e. The first-order valence-corrected chi connectivity index (χ1v) is 12.5. The number of nitrogens with one attached hydrogen (secondary N) is 2. The summed E-state index contributed by atoms with van der Waals surface area (Å²) < 4.78 is 50.5. The van der Waals surface area contributed by atoms with Crippen molar-refractivity contribution in [3.05, 3.63) is 63.4 Å². The molecule has 0 aliphatic carbocycles. The molecule has 0 saturated carbocycles. The standard InChI is InChI=1S/C21H28FN4O9P/c1-12(2)33-19(29)13(3)25-36(31,35-14-7-5-4-6-8-14)32-11-21(23)17(28)16(22)18(34-21)26-10-9-15(27)24-20(26)30/h4-10,12-13,16-18,28H,11,23H2,1-3H3,(H,25,31)(H,24,27,30)/t13?,16-,17+,18-,21-,36?/m1/s1. The maximum Gasteiger partial charge on any atom is 0.459 e. The Kier molecular flexibility index (Phi) is 8.49. The molecule has 2 heterocycles. The van der Waals surface area contributed by atoms with Gasteiger partial charge in [-0.3, -0.25) is 29.4 Å². The third-order valence-electron chi connectivity index (χ3n) is 5.03. The van der Waals surface area contributed by atoms with Crippen molar-refractivity contribution >= 4 is 13.7 Å². The number of hydrogen-bond donors (Lipinski definition) is 4. The summed E-state index contributed by atoms with van der Waals surface area (Å²) in [6.07, 6.45) is -5.44. The number of hydrogen-bond acceptors (Lipinski definition) is 10. The summed E-state index contributed by atoms with van der Waals surface area (Å²) in [5.74, 6) is -0.635. The van der Waals surface area contributed by atoms with Gasteiger partial charge in [0.25, 0.3) is 5.56 Å². The summed E-state index contributed by atoms with van der Waals surface area (Å²) in [7, 11) is -4.40. The van der Waals surface area contributed by atoms with E-state index in [-0.39, 0.29) is 5.75 Å². The van der Waals surface area contributed by atoms with E-state index in [1.165, 1.54) is 19.1 Å². The molecule has 2 unspecified atom stereocenters. The summed E-state index contributed by atoms with van der Waals surface area (Å²) in [6.45, 7) is 3.75. The molecule has 3 rings (SSSR count). The van der Waals surface area contributed by atoms with Gasteiger partial charge in [-0.2, -0.15) is 5.09 Å². The van der Waals surface area contributed by atoms with Gasteiger partial charge >= 0.3 is 19.4 Å². The zero-order chi connectivity index (χ0) is 26.7. The topological polar surface area (TPSA) is 184 Å². The number of nitrogens with zero attached hydrogens (tertiary/aromatic N) is 1. The Morgan fingerprint density at radius 1 is 1.31 bits per heavy atom. The molecule has 1 aromatic heterocycles. The molecular weight excluding hydrogens is 502 g/mol. The summed E-state index contributed by atoms with van der Waals surface area (Å²) in [5.41, 5.74) is 2.03. The predicted octanol–water partition coefficient (Wildman–Crippen LogP) is 0.553. The van der Waals surface area contributed by atoms with Gasteiger partial charge in [0.2, 0.25) is 0 Å². The van der Waals surface area contributed by atoms with Crippen molar-refractivity contribution in [1.82, 2.24) is 14.6 Å². The van der Waals surface area contributed by atoms with Gasteiger partial charge in [-0.1, -0.05) is 18.2 Å². The monoisotopic (exact) mass is 530 g/mol. The van der Waals surface area contributed by atoms with Crippen LogP contribution in [0.5, 0.6) is 5.75 Å². The third kappa shape index (κ3) is 6.46. The number of aromatic nitrogens is 2. The van der Waals surface area contributed by atoms with Crippen LogP contribution in [0.15, 0.2) is 52.2 Å². The third-order valence-corrected chi connectivity index (χ3v) is 6.65. The summed E-state index contributed by atoms with van der Waals surface area (Å²) in [4.78, 5) is 37.6. The fraction of sp³-hybridized carbons (Fsp3) is 0.476. The minimum absolute atomic E-state index is 0.109. The van der Waals surface area contributed by atoms with Gasteiger partial charge in [0, 0.05) is 12.3 Å². The number of aliphatic hydroxyl groups excluding tert-OH is 1. The number of carbonyl (C=O) groups excluding carboxylic acids is 1. The summed E-state index contributed by atoms with van der Waals surface area (Å²) >= 11 is 0. The second kappa shape index (κ2) is 11.0. The number of benzene rings is 1. The molecule has 1 aliphatic rings. The van der Waals surface area contributed by atoms with Crippen LogP contribution in [0.1, 0.15) is 27.0 Å². The van der Waals surface area contributed by atoms with E-state index < -0.39 is 67.9 Å². The van der Waals surface area contributed by atoms with E-state index in [1.807, 2.05) is 4.98 Å². The highest BCUT2D eigenvalue weighted by Crippen LogP contribution is 2.47. The second-order valence-electron chi connectivity index (χ2n) is 8.38. The van der Waals surface area contributed by atoms with Crippen LogP contribution in [0.2, 0.25) is 0 Å². The fourth-order valence-electron chi connectivity index (χ4n) is 3.26. The number of alkyl halides is 1. The van der Waals surface area contributed by atoms with Gasteiger partial charge in [0.15, 0.2) is 18.1 Å². The Balaban J connectivity index is 1.81. The number of carbonyl (C=O) groups is 1. The van der Waals surface area contributed by atoms with Gasteiger partial charge < -0.3 is 19.1 Å². The number of ether oxygens (including phenoxy) is 2. The van der Waals surface area contributed by atoms with Crippen LogP contribution in [-0.2, 0) is 23.4 Å². The zero-order valence-corrected chi connectivity index (χ0v) is 20.6. The van der Waals surface area contributed by atoms with Crippen LogP contribution in [0.25, 0.3) is 0 Å². The van der Waals surface area contributed by atoms with Crippen molar-refractivity contribution in [2.24, 2.45) is 5.73 Å². The molecule has 0 radical (unpaired) electrons. The van der Waals surface area contributed by atoms with Crippen molar-refractivity contribution in [1.29, 1.82) is 0 Å². The Hall–Kier alpha value is -2.87. The minimum Gasteiger partial charge on any atom is -0.462 e. The van der Waals surface area contributed by atoms with Crippen LogP contribution >= 0.6 is 7.75 Å². The van der Waals surface area contributed by atoms with Crippen LogP contribution in [-0.4, -0.2) is 57.4 Å². The van der Waals surface area contributed by atoms with E-state index in [4.69, 9.17) is 24.3 Å². The second-order valence-corrected chi connectivity index (χ2v) is 10.1. The van der Waals surface area contributed by atoms with Gasteiger partial charge in [-0.25, -0.2) is 13.8 Å². The highest BCUT2D eigenvalue weighted by Gasteiger charge is 2.55. The lowest BCUT2D eigenvalue weighted by Crippen LogP contribution is -2.54. The molecule has 1 aliphatic heterocycles. The molecule has 5 N–H and O–H groups in total. The zero-order valence-electron chi connectivity index (χ0n) is 19.7. The van der Waals surface area contributed by atoms with Crippen molar-refractivity contribution in [3.63, 3.8) is 0 Å². The molecule has 13 nitrogen and oxygen atoms in total. The maximum atomic E-state index is 14.9. The average molecular weight is 530 g/mol. The van der Waals surface area contributed by atoms with Crippen molar-refractivity contribution in [2.45, 2.75) is 57.1 Å². The van der Waals surface area contributed by atoms with Gasteiger partial charge in [0.05, 0.1) is 6.10 Å². The Morgan fingerprint density at radius 2 is 1.97 bits per heavy atom. The van der Waals surface area contributed by atoms with Crippen molar-refractivity contribution < 1.29 is 37.4 Å². The lowest BCUT2D eigenvalue weighted by Gasteiger charge is -2.30. The first kappa shape index (κ1) is 27.7. The Labute approximate surface area is 204 Å². The molecule has 2 aromatic rings. The lowest BCUT2D eigenvalue weighted by atomic mass is 10.1. The number of aromatic amines is 1. The van der Waals surface area contributed by atoms with Crippen LogP contribution in [0.4, 0.5) is 4.39 Å². The number of aliphatic hydroxyl groups is 1. The fourth-order valence-corrected chi connectivity index (χ4v) is 4.79. The lowest BCUT2D eigenvalue weighted by molar-refractivity contribution is -0.149. The molecule has 15 heteroatoms. The van der Waals surface area contributed by atoms with E-state index in [9.17, 15) is 28.4 Å². The summed E-state index contributed by atoms with van der Waals surface area (Å²) in [6, 6.07) is 7.64. The quantitative estimate of drug-likeness (QED) is 0.248. The first-order valence-electron chi connectivity index (χ1n) is 10.9.